The van der Waals surface area contributed by atoms with Crippen LogP contribution in [0.3, 0.4) is 0 Å². The van der Waals surface area contributed by atoms with E-state index in [4.69, 9.17) is 21.7 Å². The molecule has 0 spiro atoms. The van der Waals surface area contributed by atoms with Crippen molar-refractivity contribution >= 4 is 17.3 Å². The normalized spacial score (nSPS) is 15.7. The van der Waals surface area contributed by atoms with Crippen LogP contribution in [0.1, 0.15) is 25.3 Å². The topological polar surface area (TPSA) is 37.0 Å². The maximum absolute atomic E-state index is 5.64. The van der Waals surface area contributed by atoms with Crippen LogP contribution in [0.4, 0.5) is 0 Å². The minimum atomic E-state index is 0.517. The summed E-state index contributed by atoms with van der Waals surface area (Å²) < 4.78 is 10.7. The van der Waals surface area contributed by atoms with Gasteiger partial charge in [-0.15, -0.1) is 0 Å². The van der Waals surface area contributed by atoms with Gasteiger partial charge in [-0.25, -0.2) is 0 Å². The van der Waals surface area contributed by atoms with Gasteiger partial charge in [0.15, 0.2) is 16.6 Å². The third-order valence-electron chi connectivity index (χ3n) is 4.81. The fourth-order valence-corrected chi connectivity index (χ4v) is 3.68. The van der Waals surface area contributed by atoms with Crippen molar-refractivity contribution in [1.29, 1.82) is 0 Å². The fourth-order valence-electron chi connectivity index (χ4n) is 3.30. The molecule has 25 heavy (non-hydrogen) atoms. The van der Waals surface area contributed by atoms with Crippen molar-refractivity contribution in [2.75, 3.05) is 47.4 Å². The number of nitrogens with one attached hydrogen (secondary N) is 1. The molecule has 1 heterocycles. The Morgan fingerprint density at radius 3 is 2.52 bits per heavy atom. The van der Waals surface area contributed by atoms with Gasteiger partial charge in [-0.05, 0) is 76.2 Å². The molecular weight excluding hydrogens is 334 g/mol. The van der Waals surface area contributed by atoms with Crippen LogP contribution in [0.15, 0.2) is 18.2 Å². The molecule has 0 aliphatic carbocycles. The monoisotopic (exact) mass is 365 g/mol. The highest BCUT2D eigenvalue weighted by atomic mass is 32.1. The molecular formula is C19H31N3O2S. The number of hydrogen-bond donors (Lipinski definition) is 1. The summed E-state index contributed by atoms with van der Waals surface area (Å²) in [6.45, 7) is 6.13. The Hall–Kier alpha value is -1.53. The van der Waals surface area contributed by atoms with E-state index in [1.54, 1.807) is 14.2 Å². The Kier molecular flexibility index (Phi) is 7.78. The minimum absolute atomic E-state index is 0.517. The minimum Gasteiger partial charge on any atom is -0.493 e. The summed E-state index contributed by atoms with van der Waals surface area (Å²) in [5.41, 5.74) is 1.23. The van der Waals surface area contributed by atoms with E-state index in [1.165, 1.54) is 5.56 Å². The summed E-state index contributed by atoms with van der Waals surface area (Å²) in [6, 6.07) is 6.64. The van der Waals surface area contributed by atoms with E-state index in [0.717, 1.165) is 62.1 Å². The first-order valence-electron chi connectivity index (χ1n) is 9.03. The number of methoxy groups -OCH3 is 2. The standard InChI is InChI=1S/C19H31N3O2S/c1-5-20-19(25)22(16-9-11-21(2)12-10-16)13-8-15-6-7-17(23-3)18(14-15)24-4/h6-7,14,16H,5,8-13H2,1-4H3,(H,20,25). The largest absolute Gasteiger partial charge is 0.493 e. The first-order chi connectivity index (χ1) is 12.1. The lowest BCUT2D eigenvalue weighted by Crippen LogP contribution is -2.50. The number of thiocarbonyl (C=S) groups is 1. The van der Waals surface area contributed by atoms with E-state index >= 15 is 0 Å². The van der Waals surface area contributed by atoms with Gasteiger partial charge >= 0.3 is 0 Å². The third kappa shape index (κ3) is 5.47. The van der Waals surface area contributed by atoms with Crippen molar-refractivity contribution in [2.24, 2.45) is 0 Å². The van der Waals surface area contributed by atoms with Crippen molar-refractivity contribution in [1.82, 2.24) is 15.1 Å². The predicted octanol–water partition coefficient (Wildman–Crippen LogP) is 2.54. The number of benzene rings is 1. The Labute approximate surface area is 157 Å². The average Bonchev–Trinajstić information content (AvgIpc) is 2.63. The van der Waals surface area contributed by atoms with Gasteiger partial charge in [-0.1, -0.05) is 6.07 Å². The summed E-state index contributed by atoms with van der Waals surface area (Å²) in [5, 5.41) is 4.20. The lowest BCUT2D eigenvalue weighted by atomic mass is 10.0. The Morgan fingerprint density at radius 2 is 1.92 bits per heavy atom. The molecule has 1 aliphatic rings. The molecule has 5 nitrogen and oxygen atoms in total. The van der Waals surface area contributed by atoms with Crippen molar-refractivity contribution < 1.29 is 9.47 Å². The van der Waals surface area contributed by atoms with Crippen LogP contribution in [0.5, 0.6) is 11.5 Å². The molecule has 0 aromatic heterocycles. The van der Waals surface area contributed by atoms with Gasteiger partial charge in [0.1, 0.15) is 0 Å². The highest BCUT2D eigenvalue weighted by Gasteiger charge is 2.24. The van der Waals surface area contributed by atoms with Gasteiger partial charge in [-0.2, -0.15) is 0 Å². The summed E-state index contributed by atoms with van der Waals surface area (Å²) in [7, 11) is 5.52. The second kappa shape index (κ2) is 9.82. The third-order valence-corrected chi connectivity index (χ3v) is 5.19. The Balaban J connectivity index is 2.05. The lowest BCUT2D eigenvalue weighted by molar-refractivity contribution is 0.175. The second-order valence-corrected chi connectivity index (χ2v) is 6.89. The van der Waals surface area contributed by atoms with E-state index in [9.17, 15) is 0 Å². The molecule has 2 rings (SSSR count). The smallest absolute Gasteiger partial charge is 0.169 e. The number of nitrogens with zero attached hydrogens (tertiary/aromatic N) is 2. The van der Waals surface area contributed by atoms with Crippen LogP contribution in [-0.4, -0.2) is 68.4 Å². The zero-order chi connectivity index (χ0) is 18.2. The molecule has 1 aromatic rings. The molecule has 1 aliphatic heterocycles. The summed E-state index contributed by atoms with van der Waals surface area (Å²) in [6.07, 6.45) is 3.25. The molecule has 0 amide bonds. The highest BCUT2D eigenvalue weighted by Crippen LogP contribution is 2.28. The molecule has 0 unspecified atom stereocenters. The Bertz CT molecular complexity index is 560. The first kappa shape index (κ1) is 19.8. The van der Waals surface area contributed by atoms with Crippen LogP contribution in [-0.2, 0) is 6.42 Å². The predicted molar refractivity (Wildman–Crippen MR) is 107 cm³/mol. The van der Waals surface area contributed by atoms with E-state index in [0.29, 0.717) is 6.04 Å². The number of piperidine rings is 1. The number of hydrogen-bond acceptors (Lipinski definition) is 4. The number of rotatable bonds is 7. The van der Waals surface area contributed by atoms with Crippen LogP contribution < -0.4 is 14.8 Å². The average molecular weight is 366 g/mol. The molecule has 0 saturated carbocycles. The van der Waals surface area contributed by atoms with Gasteiger partial charge in [0.25, 0.3) is 0 Å². The number of likely N-dealkylation sites (tertiary alicyclic amines) is 1. The SMILES string of the molecule is CCNC(=S)N(CCc1ccc(OC)c(OC)c1)C1CCN(C)CC1. The maximum Gasteiger partial charge on any atom is 0.169 e. The zero-order valence-electron chi connectivity index (χ0n) is 15.9. The summed E-state index contributed by atoms with van der Waals surface area (Å²) in [4.78, 5) is 4.77. The lowest BCUT2D eigenvalue weighted by Gasteiger charge is -2.39. The van der Waals surface area contributed by atoms with Gasteiger partial charge in [-0.3, -0.25) is 0 Å². The van der Waals surface area contributed by atoms with Crippen LogP contribution >= 0.6 is 12.2 Å². The molecule has 1 fully saturated rings. The maximum atomic E-state index is 5.64. The van der Waals surface area contributed by atoms with Crippen LogP contribution in [0.2, 0.25) is 0 Å². The summed E-state index contributed by atoms with van der Waals surface area (Å²) >= 11 is 5.64. The molecule has 6 heteroatoms. The fraction of sp³-hybridized carbons (Fsp3) is 0.632. The second-order valence-electron chi connectivity index (χ2n) is 6.50. The first-order valence-corrected chi connectivity index (χ1v) is 9.43. The van der Waals surface area contributed by atoms with Crippen LogP contribution in [0.25, 0.3) is 0 Å². The van der Waals surface area contributed by atoms with E-state index in [1.807, 2.05) is 6.07 Å². The quantitative estimate of drug-likeness (QED) is 0.749. The Morgan fingerprint density at radius 1 is 1.24 bits per heavy atom. The number of ether oxygens (including phenoxy) is 2. The molecule has 140 valence electrons. The molecule has 0 bridgehead atoms. The van der Waals surface area contributed by atoms with E-state index < -0.39 is 0 Å². The highest BCUT2D eigenvalue weighted by molar-refractivity contribution is 7.80. The zero-order valence-corrected chi connectivity index (χ0v) is 16.7. The van der Waals surface area contributed by atoms with Crippen molar-refractivity contribution in [3.05, 3.63) is 23.8 Å². The molecule has 1 aromatic carbocycles. The van der Waals surface area contributed by atoms with Gasteiger partial charge in [0.05, 0.1) is 14.2 Å². The molecule has 1 N–H and O–H groups in total. The van der Waals surface area contributed by atoms with Gasteiger partial charge in [0.2, 0.25) is 0 Å². The molecule has 0 radical (unpaired) electrons. The van der Waals surface area contributed by atoms with Crippen molar-refractivity contribution in [2.45, 2.75) is 32.2 Å². The van der Waals surface area contributed by atoms with Gasteiger partial charge < -0.3 is 24.6 Å². The van der Waals surface area contributed by atoms with Gasteiger partial charge in [0, 0.05) is 19.1 Å². The molecule has 0 atom stereocenters. The van der Waals surface area contributed by atoms with Crippen LogP contribution in [0, 0.1) is 0 Å². The molecule has 1 saturated heterocycles. The summed E-state index contributed by atoms with van der Waals surface area (Å²) in [5.74, 6) is 1.54. The van der Waals surface area contributed by atoms with E-state index in [-0.39, 0.29) is 0 Å². The van der Waals surface area contributed by atoms with E-state index in [2.05, 4.69) is 41.2 Å². The van der Waals surface area contributed by atoms with Crippen molar-refractivity contribution in [3.8, 4) is 11.5 Å². The van der Waals surface area contributed by atoms with Crippen molar-refractivity contribution in [3.63, 3.8) is 0 Å².